The van der Waals surface area contributed by atoms with E-state index in [9.17, 15) is 19.8 Å². The molecule has 0 bridgehead atoms. The van der Waals surface area contributed by atoms with Crippen LogP contribution < -0.4 is 11.1 Å². The standard InChI is InChI=1S/C30H48N2O7/c1-4-17(2)28(36)38-24-12-20-22(13-23-26(27(20)35)21(34)11-19(16-33)37-23)39-29(24,3)30(9-5-6-10-30)14-18-7-8-25(31)32-15-18/h4,18-20,22-27,32-33,35H,5-16,31H2,1-3H3. The minimum atomic E-state index is -0.946. The zero-order valence-electron chi connectivity index (χ0n) is 23.8. The zero-order chi connectivity index (χ0) is 27.9. The molecular weight excluding hydrogens is 500 g/mol. The number of aliphatic hydroxyl groups is 2. The van der Waals surface area contributed by atoms with Gasteiger partial charge in [0.2, 0.25) is 0 Å². The molecule has 0 aromatic heterocycles. The summed E-state index contributed by atoms with van der Waals surface area (Å²) in [7, 11) is 0. The molecule has 5 rings (SSSR count). The number of nitrogens with one attached hydrogen (secondary N) is 1. The number of piperidine rings is 1. The third-order valence-corrected chi connectivity index (χ3v) is 10.9. The van der Waals surface area contributed by atoms with Crippen LogP contribution in [0.3, 0.4) is 0 Å². The summed E-state index contributed by atoms with van der Waals surface area (Å²) < 4.78 is 19.5. The monoisotopic (exact) mass is 548 g/mol. The van der Waals surface area contributed by atoms with Crippen molar-refractivity contribution >= 4 is 11.8 Å². The van der Waals surface area contributed by atoms with E-state index in [0.29, 0.717) is 24.3 Å². The minimum Gasteiger partial charge on any atom is -0.456 e. The molecule has 5 aliphatic rings. The van der Waals surface area contributed by atoms with E-state index in [1.807, 2.05) is 6.92 Å². The summed E-state index contributed by atoms with van der Waals surface area (Å²) in [5.74, 6) is -0.957. The smallest absolute Gasteiger partial charge is 0.333 e. The van der Waals surface area contributed by atoms with Crippen molar-refractivity contribution < 1.29 is 34.0 Å². The number of ether oxygens (including phenoxy) is 3. The molecule has 0 aromatic carbocycles. The first-order valence-corrected chi connectivity index (χ1v) is 15.1. The molecule has 9 heteroatoms. The fourth-order valence-corrected chi connectivity index (χ4v) is 8.43. The number of rotatable bonds is 6. The van der Waals surface area contributed by atoms with Crippen molar-refractivity contribution in [2.24, 2.45) is 28.9 Å². The predicted octanol–water partition coefficient (Wildman–Crippen LogP) is 2.36. The number of nitrogens with two attached hydrogens (primary N) is 1. The van der Waals surface area contributed by atoms with Crippen molar-refractivity contribution in [3.8, 4) is 0 Å². The zero-order valence-corrected chi connectivity index (χ0v) is 23.8. The molecule has 5 fully saturated rings. The van der Waals surface area contributed by atoms with E-state index in [4.69, 9.17) is 19.9 Å². The molecule has 10 unspecified atom stereocenters. The van der Waals surface area contributed by atoms with Gasteiger partial charge in [-0.1, -0.05) is 18.9 Å². The lowest BCUT2D eigenvalue weighted by Crippen LogP contribution is -2.68. The van der Waals surface area contributed by atoms with Gasteiger partial charge in [0, 0.05) is 29.7 Å². The van der Waals surface area contributed by atoms with Gasteiger partial charge in [-0.15, -0.1) is 0 Å². The average molecular weight is 549 g/mol. The van der Waals surface area contributed by atoms with Gasteiger partial charge in [-0.25, -0.2) is 4.79 Å². The van der Waals surface area contributed by atoms with E-state index in [0.717, 1.165) is 51.5 Å². The van der Waals surface area contributed by atoms with Gasteiger partial charge in [0.25, 0.3) is 0 Å². The van der Waals surface area contributed by atoms with Crippen LogP contribution in [0, 0.1) is 23.2 Å². The number of ketones is 1. The van der Waals surface area contributed by atoms with Crippen LogP contribution in [0.1, 0.15) is 85.0 Å². The Morgan fingerprint density at radius 2 is 1.97 bits per heavy atom. The van der Waals surface area contributed by atoms with Gasteiger partial charge in [-0.3, -0.25) is 4.79 Å². The van der Waals surface area contributed by atoms with Crippen molar-refractivity contribution in [3.63, 3.8) is 0 Å². The van der Waals surface area contributed by atoms with E-state index in [1.165, 1.54) is 0 Å². The number of carbonyl (C=O) groups is 2. The summed E-state index contributed by atoms with van der Waals surface area (Å²) >= 11 is 0. The van der Waals surface area contributed by atoms with Crippen LogP contribution in [0.5, 0.6) is 0 Å². The molecule has 0 spiro atoms. The fourth-order valence-electron chi connectivity index (χ4n) is 8.43. The molecule has 3 saturated heterocycles. The molecule has 39 heavy (non-hydrogen) atoms. The quantitative estimate of drug-likeness (QED) is 0.291. The van der Waals surface area contributed by atoms with Crippen LogP contribution in [-0.4, -0.2) is 77.4 Å². The minimum absolute atomic E-state index is 0.0400. The predicted molar refractivity (Wildman–Crippen MR) is 144 cm³/mol. The Morgan fingerprint density at radius 3 is 2.62 bits per heavy atom. The second-order valence-electron chi connectivity index (χ2n) is 13.1. The highest BCUT2D eigenvalue weighted by molar-refractivity contribution is 5.87. The molecule has 9 nitrogen and oxygen atoms in total. The number of fused-ring (bicyclic) bond motifs is 2. The first kappa shape index (κ1) is 29.1. The summed E-state index contributed by atoms with van der Waals surface area (Å²) in [6.45, 7) is 6.35. The Hall–Kier alpha value is -1.36. The van der Waals surface area contributed by atoms with Crippen LogP contribution in [0.4, 0.5) is 0 Å². The molecule has 0 amide bonds. The molecule has 5 N–H and O–H groups in total. The number of carbonyl (C=O) groups excluding carboxylic acids is 2. The summed E-state index contributed by atoms with van der Waals surface area (Å²) in [6.07, 6.45) is 7.13. The number of esters is 1. The number of hydrogen-bond donors (Lipinski definition) is 4. The van der Waals surface area contributed by atoms with Gasteiger partial charge in [0.05, 0.1) is 43.1 Å². The van der Waals surface area contributed by atoms with Crippen molar-refractivity contribution in [2.75, 3.05) is 13.2 Å². The van der Waals surface area contributed by atoms with Crippen LogP contribution >= 0.6 is 0 Å². The molecule has 220 valence electrons. The van der Waals surface area contributed by atoms with Gasteiger partial charge in [0.1, 0.15) is 17.5 Å². The lowest BCUT2D eigenvalue weighted by molar-refractivity contribution is -0.293. The Morgan fingerprint density at radius 1 is 1.23 bits per heavy atom. The molecule has 2 aliphatic carbocycles. The second-order valence-corrected chi connectivity index (χ2v) is 13.1. The molecule has 2 saturated carbocycles. The van der Waals surface area contributed by atoms with Gasteiger partial charge in [0.15, 0.2) is 0 Å². The summed E-state index contributed by atoms with van der Waals surface area (Å²) in [4.78, 5) is 26.1. The SMILES string of the molecule is CC=C(C)C(=O)OC1CC2C(CC3OC(CO)CC(=O)C3C2O)OC1(C)C1(CC2CCC(N)NC2)CCCC1. The lowest BCUT2D eigenvalue weighted by Gasteiger charge is -2.60. The van der Waals surface area contributed by atoms with Crippen molar-refractivity contribution in [1.29, 1.82) is 0 Å². The maximum Gasteiger partial charge on any atom is 0.333 e. The molecule has 0 aromatic rings. The number of aliphatic hydroxyl groups excluding tert-OH is 2. The van der Waals surface area contributed by atoms with Gasteiger partial charge < -0.3 is 35.5 Å². The molecule has 0 radical (unpaired) electrons. The molecule has 3 heterocycles. The van der Waals surface area contributed by atoms with Gasteiger partial charge >= 0.3 is 5.97 Å². The van der Waals surface area contributed by atoms with Crippen molar-refractivity contribution in [2.45, 2.75) is 127 Å². The molecule has 3 aliphatic heterocycles. The summed E-state index contributed by atoms with van der Waals surface area (Å²) in [5, 5.41) is 24.6. The van der Waals surface area contributed by atoms with Crippen LogP contribution in [0.2, 0.25) is 0 Å². The van der Waals surface area contributed by atoms with E-state index in [-0.39, 0.29) is 48.4 Å². The Labute approximate surface area is 232 Å². The number of allylic oxidation sites excluding steroid dienone is 1. The van der Waals surface area contributed by atoms with Crippen molar-refractivity contribution in [1.82, 2.24) is 5.32 Å². The topological polar surface area (TPSA) is 140 Å². The molecular formula is C30H48N2O7. The van der Waals surface area contributed by atoms with Crippen LogP contribution in [0.15, 0.2) is 11.6 Å². The third kappa shape index (κ3) is 5.35. The second kappa shape index (κ2) is 11.5. The first-order valence-electron chi connectivity index (χ1n) is 15.1. The van der Waals surface area contributed by atoms with Gasteiger partial charge in [-0.05, 0) is 71.8 Å². The number of Topliss-reactive ketones (excluding diaryl/α,β-unsaturated/α-hetero) is 1. The van der Waals surface area contributed by atoms with E-state index in [1.54, 1.807) is 13.0 Å². The Kier molecular flexibility index (Phi) is 8.59. The highest BCUT2D eigenvalue weighted by Gasteiger charge is 2.64. The summed E-state index contributed by atoms with van der Waals surface area (Å²) in [5.41, 5.74) is 5.73. The van der Waals surface area contributed by atoms with E-state index in [2.05, 4.69) is 12.2 Å². The highest BCUT2D eigenvalue weighted by atomic mass is 16.6. The first-order chi connectivity index (χ1) is 18.6. The van der Waals surface area contributed by atoms with Crippen LogP contribution in [-0.2, 0) is 23.8 Å². The third-order valence-electron chi connectivity index (χ3n) is 10.9. The molecule has 10 atom stereocenters. The Balaban J connectivity index is 1.47. The van der Waals surface area contributed by atoms with Gasteiger partial charge in [-0.2, -0.15) is 0 Å². The van der Waals surface area contributed by atoms with Crippen LogP contribution in [0.25, 0.3) is 0 Å². The number of hydrogen-bond acceptors (Lipinski definition) is 9. The normalized spacial score (nSPS) is 44.4. The maximum atomic E-state index is 13.1. The van der Waals surface area contributed by atoms with Crippen molar-refractivity contribution in [3.05, 3.63) is 11.6 Å². The fraction of sp³-hybridized carbons (Fsp3) is 0.867. The maximum absolute atomic E-state index is 13.1. The lowest BCUT2D eigenvalue weighted by atomic mass is 9.59. The summed E-state index contributed by atoms with van der Waals surface area (Å²) in [6, 6.07) is 0. The van der Waals surface area contributed by atoms with E-state index < -0.39 is 35.9 Å². The highest BCUT2D eigenvalue weighted by Crippen LogP contribution is 2.59. The average Bonchev–Trinajstić information content (AvgIpc) is 3.40. The largest absolute Gasteiger partial charge is 0.456 e. The van der Waals surface area contributed by atoms with E-state index >= 15 is 0 Å². The Bertz CT molecular complexity index is 942.